The molecule has 1 aliphatic carbocycles. The number of aryl methyl sites for hydroxylation is 1. The van der Waals surface area contributed by atoms with E-state index in [0.717, 1.165) is 24.3 Å². The van der Waals surface area contributed by atoms with Gasteiger partial charge in [0.1, 0.15) is 5.82 Å². The molecule has 2 rings (SSSR count). The largest absolute Gasteiger partial charge is 0.207 e. The van der Waals surface area contributed by atoms with Crippen molar-refractivity contribution in [1.82, 2.24) is 0 Å². The van der Waals surface area contributed by atoms with Crippen molar-refractivity contribution in [3.63, 3.8) is 0 Å². The second-order valence-corrected chi connectivity index (χ2v) is 6.45. The molecule has 0 aromatic heterocycles. The first-order valence-electron chi connectivity index (χ1n) is 6.25. The van der Waals surface area contributed by atoms with Gasteiger partial charge in [0.25, 0.3) is 0 Å². The minimum atomic E-state index is -0.138. The Hall–Kier alpha value is -0.0800. The molecule has 1 unspecified atom stereocenters. The van der Waals surface area contributed by atoms with Crippen LogP contribution in [0.15, 0.2) is 18.2 Å². The van der Waals surface area contributed by atoms with Crippen LogP contribution in [-0.4, -0.2) is 4.83 Å². The molecule has 17 heavy (non-hydrogen) atoms. The summed E-state index contributed by atoms with van der Waals surface area (Å²) in [5.74, 6) is 0.637. The van der Waals surface area contributed by atoms with Gasteiger partial charge in [-0.25, -0.2) is 4.39 Å². The summed E-state index contributed by atoms with van der Waals surface area (Å²) >= 11 is 9.63. The number of alkyl halides is 1. The van der Waals surface area contributed by atoms with E-state index in [1.165, 1.54) is 31.7 Å². The van der Waals surface area contributed by atoms with Gasteiger partial charge in [-0.15, -0.1) is 0 Å². The first kappa shape index (κ1) is 13.4. The number of hydrogen-bond donors (Lipinski definition) is 0. The molecule has 0 saturated heterocycles. The average Bonchev–Trinajstić information content (AvgIpc) is 2.83. The molecule has 1 aromatic carbocycles. The van der Waals surface area contributed by atoms with E-state index >= 15 is 0 Å². The van der Waals surface area contributed by atoms with Crippen molar-refractivity contribution in [2.45, 2.75) is 43.4 Å². The van der Waals surface area contributed by atoms with Gasteiger partial charge in [0.2, 0.25) is 0 Å². The monoisotopic (exact) mass is 318 g/mol. The van der Waals surface area contributed by atoms with Gasteiger partial charge in [0.05, 0.1) is 0 Å². The first-order chi connectivity index (χ1) is 8.16. The second-order valence-electron chi connectivity index (χ2n) is 4.83. The van der Waals surface area contributed by atoms with Crippen molar-refractivity contribution in [3.8, 4) is 0 Å². The molecule has 3 heteroatoms. The Kier molecular flexibility index (Phi) is 4.87. The molecule has 1 aromatic rings. The van der Waals surface area contributed by atoms with Crippen LogP contribution in [0.5, 0.6) is 0 Å². The highest BCUT2D eigenvalue weighted by molar-refractivity contribution is 9.09. The smallest absolute Gasteiger partial charge is 0.126 e. The lowest BCUT2D eigenvalue weighted by molar-refractivity contribution is 0.501. The summed E-state index contributed by atoms with van der Waals surface area (Å²) in [6, 6.07) is 4.80. The maximum absolute atomic E-state index is 13.5. The van der Waals surface area contributed by atoms with Crippen LogP contribution >= 0.6 is 27.5 Å². The zero-order chi connectivity index (χ0) is 12.3. The SMILES string of the molecule is Fc1ccc(Cl)cc1CCC(Br)C1CCCC1. The summed E-state index contributed by atoms with van der Waals surface area (Å²) in [4.78, 5) is 0.517. The standard InChI is InChI=1S/C14H17BrClF/c15-13(10-3-1-2-4-10)7-5-11-9-12(16)6-8-14(11)17/h6,8-10,13H,1-5,7H2. The fourth-order valence-electron chi connectivity index (χ4n) is 2.58. The lowest BCUT2D eigenvalue weighted by Crippen LogP contribution is -2.12. The molecule has 0 N–H and O–H groups in total. The summed E-state index contributed by atoms with van der Waals surface area (Å²) < 4.78 is 13.5. The Morgan fingerprint density at radius 2 is 2.06 bits per heavy atom. The minimum absolute atomic E-state index is 0.138. The van der Waals surface area contributed by atoms with E-state index in [1.54, 1.807) is 12.1 Å². The predicted octanol–water partition coefficient (Wildman–Crippen LogP) is 5.37. The van der Waals surface area contributed by atoms with Crippen LogP contribution in [0.1, 0.15) is 37.7 Å². The number of halogens is 3. The zero-order valence-electron chi connectivity index (χ0n) is 9.76. The Morgan fingerprint density at radius 3 is 2.76 bits per heavy atom. The van der Waals surface area contributed by atoms with Crippen LogP contribution in [0.4, 0.5) is 4.39 Å². The van der Waals surface area contributed by atoms with Crippen LogP contribution in [0.3, 0.4) is 0 Å². The van der Waals surface area contributed by atoms with Gasteiger partial charge in [-0.2, -0.15) is 0 Å². The lowest BCUT2D eigenvalue weighted by atomic mass is 9.98. The normalized spacial score (nSPS) is 18.5. The number of rotatable bonds is 4. The van der Waals surface area contributed by atoms with Crippen LogP contribution < -0.4 is 0 Å². The van der Waals surface area contributed by atoms with E-state index in [2.05, 4.69) is 15.9 Å². The summed E-state index contributed by atoms with van der Waals surface area (Å²) in [7, 11) is 0. The summed E-state index contributed by atoms with van der Waals surface area (Å²) in [5.41, 5.74) is 0.736. The summed E-state index contributed by atoms with van der Waals surface area (Å²) in [6.07, 6.45) is 7.07. The van der Waals surface area contributed by atoms with Crippen LogP contribution in [0.2, 0.25) is 5.02 Å². The number of benzene rings is 1. The third kappa shape index (κ3) is 3.69. The molecule has 94 valence electrons. The van der Waals surface area contributed by atoms with Gasteiger partial charge < -0.3 is 0 Å². The molecule has 1 atom stereocenters. The van der Waals surface area contributed by atoms with Gasteiger partial charge in [0, 0.05) is 9.85 Å². The summed E-state index contributed by atoms with van der Waals surface area (Å²) in [6.45, 7) is 0. The van der Waals surface area contributed by atoms with Crippen LogP contribution in [-0.2, 0) is 6.42 Å². The predicted molar refractivity (Wildman–Crippen MR) is 74.4 cm³/mol. The van der Waals surface area contributed by atoms with E-state index in [-0.39, 0.29) is 5.82 Å². The molecule has 1 aliphatic rings. The Bertz CT molecular complexity index is 374. The van der Waals surface area contributed by atoms with Crippen molar-refractivity contribution in [2.24, 2.45) is 5.92 Å². The van der Waals surface area contributed by atoms with Crippen LogP contribution in [0, 0.1) is 11.7 Å². The maximum atomic E-state index is 13.5. The van der Waals surface area contributed by atoms with Gasteiger partial charge >= 0.3 is 0 Å². The van der Waals surface area contributed by atoms with Gasteiger partial charge in [-0.1, -0.05) is 40.4 Å². The van der Waals surface area contributed by atoms with Crippen molar-refractivity contribution in [3.05, 3.63) is 34.6 Å². The molecule has 0 spiro atoms. The molecular weight excluding hydrogens is 303 g/mol. The molecule has 1 fully saturated rings. The van der Waals surface area contributed by atoms with Crippen LogP contribution in [0.25, 0.3) is 0 Å². The highest BCUT2D eigenvalue weighted by Gasteiger charge is 2.22. The van der Waals surface area contributed by atoms with Gasteiger partial charge in [0.15, 0.2) is 0 Å². The minimum Gasteiger partial charge on any atom is -0.207 e. The van der Waals surface area contributed by atoms with Gasteiger partial charge in [-0.3, -0.25) is 0 Å². The summed E-state index contributed by atoms with van der Waals surface area (Å²) in [5, 5.41) is 0.619. The van der Waals surface area contributed by atoms with E-state index < -0.39 is 0 Å². The molecule has 0 amide bonds. The zero-order valence-corrected chi connectivity index (χ0v) is 12.1. The van der Waals surface area contributed by atoms with E-state index in [1.807, 2.05) is 0 Å². The molecule has 0 heterocycles. The second kappa shape index (κ2) is 6.19. The first-order valence-corrected chi connectivity index (χ1v) is 7.54. The molecule has 0 radical (unpaired) electrons. The molecule has 0 nitrogen and oxygen atoms in total. The lowest BCUT2D eigenvalue weighted by Gasteiger charge is -2.17. The van der Waals surface area contributed by atoms with E-state index in [0.29, 0.717) is 9.85 Å². The van der Waals surface area contributed by atoms with Crippen molar-refractivity contribution in [1.29, 1.82) is 0 Å². The number of hydrogen-bond acceptors (Lipinski definition) is 0. The Morgan fingerprint density at radius 1 is 1.35 bits per heavy atom. The van der Waals surface area contributed by atoms with Crippen molar-refractivity contribution < 1.29 is 4.39 Å². The topological polar surface area (TPSA) is 0 Å². The Labute approximate surface area is 116 Å². The van der Waals surface area contributed by atoms with Gasteiger partial charge in [-0.05, 0) is 55.4 Å². The highest BCUT2D eigenvalue weighted by atomic mass is 79.9. The molecular formula is C14H17BrClF. The molecule has 1 saturated carbocycles. The third-order valence-electron chi connectivity index (χ3n) is 3.61. The molecule has 0 bridgehead atoms. The van der Waals surface area contributed by atoms with E-state index in [9.17, 15) is 4.39 Å². The Balaban J connectivity index is 1.90. The third-order valence-corrected chi connectivity index (χ3v) is 5.05. The molecule has 0 aliphatic heterocycles. The highest BCUT2D eigenvalue weighted by Crippen LogP contribution is 2.33. The average molecular weight is 320 g/mol. The van der Waals surface area contributed by atoms with Crippen molar-refractivity contribution in [2.75, 3.05) is 0 Å². The fourth-order valence-corrected chi connectivity index (χ4v) is 3.54. The van der Waals surface area contributed by atoms with E-state index in [4.69, 9.17) is 11.6 Å². The fraction of sp³-hybridized carbons (Fsp3) is 0.571. The van der Waals surface area contributed by atoms with Crippen molar-refractivity contribution >= 4 is 27.5 Å². The maximum Gasteiger partial charge on any atom is 0.126 e. The quantitative estimate of drug-likeness (QED) is 0.655.